The van der Waals surface area contributed by atoms with Gasteiger partial charge in [-0.2, -0.15) is 0 Å². The average Bonchev–Trinajstić information content (AvgIpc) is 2.25. The molecule has 3 nitrogen and oxygen atoms in total. The van der Waals surface area contributed by atoms with Crippen LogP contribution in [-0.4, -0.2) is 33.5 Å². The van der Waals surface area contributed by atoms with Crippen LogP contribution in [0.1, 0.15) is 18.4 Å². The van der Waals surface area contributed by atoms with Crippen molar-refractivity contribution in [1.82, 2.24) is 5.32 Å². The van der Waals surface area contributed by atoms with Gasteiger partial charge in [0.15, 0.2) is 0 Å². The van der Waals surface area contributed by atoms with Gasteiger partial charge in [-0.3, -0.25) is 0 Å². The molecule has 4 heteroatoms. The van der Waals surface area contributed by atoms with Crippen molar-refractivity contribution in [2.45, 2.75) is 19.3 Å². The minimum Gasteiger partial charge on any atom is -0.316 e. The van der Waals surface area contributed by atoms with E-state index in [4.69, 9.17) is 0 Å². The molecule has 1 N–H and O–H groups in total. The standard InChI is InChI=1S/C14H21NO2S/c1-18(16,17)9-5-8-14(11-15-12-14)10-13-6-3-2-4-7-13/h2-4,6-7,15H,5,8-12H2,1H3. The third-order valence-electron chi connectivity index (χ3n) is 3.64. The van der Waals surface area contributed by atoms with Crippen molar-refractivity contribution >= 4 is 9.84 Å². The molecular formula is C14H21NO2S. The van der Waals surface area contributed by atoms with Crippen molar-refractivity contribution in [1.29, 1.82) is 0 Å². The van der Waals surface area contributed by atoms with E-state index in [2.05, 4.69) is 29.6 Å². The minimum atomic E-state index is -2.82. The van der Waals surface area contributed by atoms with Crippen LogP contribution in [0.2, 0.25) is 0 Å². The summed E-state index contributed by atoms with van der Waals surface area (Å²) in [5.41, 5.74) is 1.62. The normalized spacial score (nSPS) is 18.3. The Hall–Kier alpha value is -0.870. The molecule has 1 aromatic carbocycles. The first-order valence-electron chi connectivity index (χ1n) is 6.42. The fraction of sp³-hybridized carbons (Fsp3) is 0.571. The Morgan fingerprint density at radius 3 is 2.39 bits per heavy atom. The molecule has 1 saturated heterocycles. The van der Waals surface area contributed by atoms with Crippen LogP contribution >= 0.6 is 0 Å². The highest BCUT2D eigenvalue weighted by Crippen LogP contribution is 2.32. The van der Waals surface area contributed by atoms with Crippen LogP contribution < -0.4 is 5.32 Å². The van der Waals surface area contributed by atoms with Crippen molar-refractivity contribution in [3.63, 3.8) is 0 Å². The van der Waals surface area contributed by atoms with Gasteiger partial charge < -0.3 is 5.32 Å². The molecule has 2 rings (SSSR count). The first-order chi connectivity index (χ1) is 8.49. The molecule has 0 unspecified atom stereocenters. The van der Waals surface area contributed by atoms with Crippen LogP contribution in [0.4, 0.5) is 0 Å². The summed E-state index contributed by atoms with van der Waals surface area (Å²) in [5, 5.41) is 3.32. The Balaban J connectivity index is 1.91. The van der Waals surface area contributed by atoms with Crippen LogP contribution in [0.15, 0.2) is 30.3 Å². The van der Waals surface area contributed by atoms with Gasteiger partial charge in [0.05, 0.1) is 0 Å². The van der Waals surface area contributed by atoms with E-state index in [1.165, 1.54) is 11.8 Å². The summed E-state index contributed by atoms with van der Waals surface area (Å²) >= 11 is 0. The van der Waals surface area contributed by atoms with Gasteiger partial charge >= 0.3 is 0 Å². The molecule has 18 heavy (non-hydrogen) atoms. The predicted octanol–water partition coefficient (Wildman–Crippen LogP) is 1.64. The van der Waals surface area contributed by atoms with Gasteiger partial charge in [-0.1, -0.05) is 30.3 Å². The third-order valence-corrected chi connectivity index (χ3v) is 4.67. The Morgan fingerprint density at radius 2 is 1.89 bits per heavy atom. The summed E-state index contributed by atoms with van der Waals surface area (Å²) < 4.78 is 22.3. The fourth-order valence-corrected chi connectivity index (χ4v) is 3.28. The second-order valence-corrected chi connectivity index (χ2v) is 7.76. The Labute approximate surface area is 110 Å². The fourth-order valence-electron chi connectivity index (χ4n) is 2.61. The van der Waals surface area contributed by atoms with Crippen molar-refractivity contribution in [3.05, 3.63) is 35.9 Å². The topological polar surface area (TPSA) is 46.2 Å². The molecular weight excluding hydrogens is 246 g/mol. The van der Waals surface area contributed by atoms with Gasteiger partial charge in [-0.25, -0.2) is 8.42 Å². The van der Waals surface area contributed by atoms with Crippen molar-refractivity contribution in [2.24, 2.45) is 5.41 Å². The van der Waals surface area contributed by atoms with Crippen LogP contribution in [0, 0.1) is 5.41 Å². The molecule has 0 atom stereocenters. The Kier molecular flexibility index (Phi) is 4.07. The van der Waals surface area contributed by atoms with E-state index in [0.29, 0.717) is 5.75 Å². The van der Waals surface area contributed by atoms with Gasteiger partial charge in [0.25, 0.3) is 0 Å². The number of benzene rings is 1. The molecule has 0 bridgehead atoms. The number of rotatable bonds is 6. The molecule has 0 aromatic heterocycles. The van der Waals surface area contributed by atoms with Gasteiger partial charge in [-0.05, 0) is 30.2 Å². The number of hydrogen-bond acceptors (Lipinski definition) is 3. The van der Waals surface area contributed by atoms with Crippen LogP contribution in [0.5, 0.6) is 0 Å². The summed E-state index contributed by atoms with van der Waals surface area (Å²) in [5.74, 6) is 0.309. The maximum absolute atomic E-state index is 11.2. The van der Waals surface area contributed by atoms with Crippen molar-refractivity contribution in [2.75, 3.05) is 25.1 Å². The lowest BCUT2D eigenvalue weighted by Crippen LogP contribution is -2.54. The summed E-state index contributed by atoms with van der Waals surface area (Å²) in [6.45, 7) is 2.01. The average molecular weight is 267 g/mol. The van der Waals surface area contributed by atoms with E-state index >= 15 is 0 Å². The summed E-state index contributed by atoms with van der Waals surface area (Å²) in [4.78, 5) is 0. The van der Waals surface area contributed by atoms with E-state index in [9.17, 15) is 8.42 Å². The molecule has 1 aliphatic rings. The molecule has 1 aromatic rings. The number of nitrogens with one attached hydrogen (secondary N) is 1. The maximum atomic E-state index is 11.2. The lowest BCUT2D eigenvalue weighted by atomic mass is 9.73. The van der Waals surface area contributed by atoms with Gasteiger partial charge in [-0.15, -0.1) is 0 Å². The smallest absolute Gasteiger partial charge is 0.147 e. The van der Waals surface area contributed by atoms with Crippen molar-refractivity contribution < 1.29 is 8.42 Å². The minimum absolute atomic E-state index is 0.270. The molecule has 1 heterocycles. The van der Waals surface area contributed by atoms with Crippen LogP contribution in [0.3, 0.4) is 0 Å². The van der Waals surface area contributed by atoms with Crippen molar-refractivity contribution in [3.8, 4) is 0 Å². The highest BCUT2D eigenvalue weighted by Gasteiger charge is 2.36. The molecule has 100 valence electrons. The number of hydrogen-bond donors (Lipinski definition) is 1. The SMILES string of the molecule is CS(=O)(=O)CCCC1(Cc2ccccc2)CNC1. The number of sulfone groups is 1. The zero-order chi connectivity index (χ0) is 13.1. The molecule has 0 saturated carbocycles. The maximum Gasteiger partial charge on any atom is 0.147 e. The second-order valence-electron chi connectivity index (χ2n) is 5.50. The molecule has 0 aliphatic carbocycles. The first kappa shape index (κ1) is 13.6. The highest BCUT2D eigenvalue weighted by atomic mass is 32.2. The second kappa shape index (κ2) is 5.41. The predicted molar refractivity (Wildman–Crippen MR) is 74.4 cm³/mol. The quantitative estimate of drug-likeness (QED) is 0.852. The lowest BCUT2D eigenvalue weighted by Gasteiger charge is -2.43. The molecule has 0 amide bonds. The van der Waals surface area contributed by atoms with E-state index in [0.717, 1.165) is 32.4 Å². The summed E-state index contributed by atoms with van der Waals surface area (Å²) in [7, 11) is -2.82. The molecule has 1 fully saturated rings. The summed E-state index contributed by atoms with van der Waals surface area (Å²) in [6.07, 6.45) is 4.12. The summed E-state index contributed by atoms with van der Waals surface area (Å²) in [6, 6.07) is 10.4. The zero-order valence-corrected chi connectivity index (χ0v) is 11.7. The Bertz CT molecular complexity index is 478. The molecule has 0 radical (unpaired) electrons. The lowest BCUT2D eigenvalue weighted by molar-refractivity contribution is 0.151. The van der Waals surface area contributed by atoms with Gasteiger partial charge in [0.2, 0.25) is 0 Å². The molecule has 1 aliphatic heterocycles. The zero-order valence-electron chi connectivity index (χ0n) is 10.9. The van der Waals surface area contributed by atoms with E-state index in [-0.39, 0.29) is 5.41 Å². The molecule has 0 spiro atoms. The van der Waals surface area contributed by atoms with E-state index < -0.39 is 9.84 Å². The Morgan fingerprint density at radius 1 is 1.22 bits per heavy atom. The first-order valence-corrected chi connectivity index (χ1v) is 8.48. The third kappa shape index (κ3) is 3.82. The van der Waals surface area contributed by atoms with Crippen LogP contribution in [-0.2, 0) is 16.3 Å². The van der Waals surface area contributed by atoms with E-state index in [1.807, 2.05) is 6.07 Å². The van der Waals surface area contributed by atoms with Gasteiger partial charge in [0, 0.05) is 25.1 Å². The van der Waals surface area contributed by atoms with E-state index in [1.54, 1.807) is 0 Å². The largest absolute Gasteiger partial charge is 0.316 e. The van der Waals surface area contributed by atoms with Crippen LogP contribution in [0.25, 0.3) is 0 Å². The highest BCUT2D eigenvalue weighted by molar-refractivity contribution is 7.90. The van der Waals surface area contributed by atoms with Gasteiger partial charge in [0.1, 0.15) is 9.84 Å². The monoisotopic (exact) mass is 267 g/mol.